The van der Waals surface area contributed by atoms with Crippen LogP contribution >= 0.6 is 0 Å². The van der Waals surface area contributed by atoms with E-state index in [1.165, 1.54) is 16.7 Å². The van der Waals surface area contributed by atoms with Gasteiger partial charge in [0.05, 0.1) is 5.52 Å². The summed E-state index contributed by atoms with van der Waals surface area (Å²) in [5.74, 6) is 7.44. The maximum atomic E-state index is 4.33. The van der Waals surface area contributed by atoms with Crippen LogP contribution in [0.5, 0.6) is 0 Å². The highest BCUT2D eigenvalue weighted by Crippen LogP contribution is 2.18. The lowest BCUT2D eigenvalue weighted by Crippen LogP contribution is -2.03. The normalized spacial score (nSPS) is 10.3. The maximum absolute atomic E-state index is 4.33. The summed E-state index contributed by atoms with van der Waals surface area (Å²) in [5.41, 5.74) is 5.87. The van der Waals surface area contributed by atoms with Crippen LogP contribution in [0.25, 0.3) is 10.9 Å². The zero-order valence-electron chi connectivity index (χ0n) is 14.4. The van der Waals surface area contributed by atoms with E-state index in [1.807, 2.05) is 24.3 Å². The third-order valence-corrected chi connectivity index (χ3v) is 3.98. The molecule has 3 nitrogen and oxygen atoms in total. The van der Waals surface area contributed by atoms with Crippen molar-refractivity contribution in [3.05, 3.63) is 65.0 Å². The Bertz CT molecular complexity index is 904. The van der Waals surface area contributed by atoms with Crippen molar-refractivity contribution >= 4 is 16.7 Å². The van der Waals surface area contributed by atoms with Gasteiger partial charge in [-0.2, -0.15) is 0 Å². The molecule has 0 unspecified atom stereocenters. The van der Waals surface area contributed by atoms with E-state index in [0.717, 1.165) is 35.2 Å². The monoisotopic (exact) mass is 315 g/mol. The van der Waals surface area contributed by atoms with Crippen LogP contribution in [-0.4, -0.2) is 16.5 Å². The number of aryl methyl sites for hydroxylation is 3. The van der Waals surface area contributed by atoms with Crippen molar-refractivity contribution < 1.29 is 0 Å². The number of aromatic nitrogens is 2. The number of nitrogens with one attached hydrogen (secondary N) is 1. The van der Waals surface area contributed by atoms with Gasteiger partial charge in [-0.05, 0) is 44.0 Å². The molecule has 0 fully saturated rings. The van der Waals surface area contributed by atoms with E-state index in [0.29, 0.717) is 0 Å². The second kappa shape index (κ2) is 7.14. The fourth-order valence-electron chi connectivity index (χ4n) is 2.92. The van der Waals surface area contributed by atoms with Crippen molar-refractivity contribution in [3.8, 4) is 11.8 Å². The first-order valence-electron chi connectivity index (χ1n) is 8.15. The van der Waals surface area contributed by atoms with E-state index in [-0.39, 0.29) is 0 Å². The second-order valence-electron chi connectivity index (χ2n) is 5.99. The van der Waals surface area contributed by atoms with Gasteiger partial charge in [0.25, 0.3) is 0 Å². The molecule has 0 spiro atoms. The molecule has 24 heavy (non-hydrogen) atoms. The van der Waals surface area contributed by atoms with Crippen LogP contribution in [0.3, 0.4) is 0 Å². The Morgan fingerprint density at radius 1 is 1.00 bits per heavy atom. The lowest BCUT2D eigenvalue weighted by molar-refractivity contribution is 1.07. The number of para-hydroxylation sites is 1. The molecule has 3 heteroatoms. The molecule has 0 bridgehead atoms. The van der Waals surface area contributed by atoms with Crippen LogP contribution in [0.1, 0.15) is 28.7 Å². The van der Waals surface area contributed by atoms with Gasteiger partial charge < -0.3 is 5.32 Å². The van der Waals surface area contributed by atoms with Crippen molar-refractivity contribution in [1.82, 2.24) is 9.97 Å². The molecule has 0 amide bonds. The van der Waals surface area contributed by atoms with Gasteiger partial charge in [-0.1, -0.05) is 41.7 Å². The number of nitrogens with zero attached hydrogens (tertiary/aromatic N) is 2. The summed E-state index contributed by atoms with van der Waals surface area (Å²) < 4.78 is 0. The molecular formula is C21H21N3. The molecule has 0 aliphatic carbocycles. The van der Waals surface area contributed by atoms with Crippen LogP contribution < -0.4 is 5.32 Å². The summed E-state index contributed by atoms with van der Waals surface area (Å²) >= 11 is 0. The van der Waals surface area contributed by atoms with Crippen molar-refractivity contribution in [2.75, 3.05) is 11.9 Å². The molecule has 120 valence electrons. The fraction of sp³-hybridized carbons (Fsp3) is 0.238. The van der Waals surface area contributed by atoms with Crippen LogP contribution in [0.4, 0.5) is 5.82 Å². The minimum Gasteiger partial charge on any atom is -0.368 e. The van der Waals surface area contributed by atoms with Crippen LogP contribution in [-0.2, 0) is 0 Å². The zero-order chi connectivity index (χ0) is 16.9. The number of benzene rings is 2. The van der Waals surface area contributed by atoms with Crippen molar-refractivity contribution in [2.45, 2.75) is 27.2 Å². The molecular weight excluding hydrogens is 294 g/mol. The van der Waals surface area contributed by atoms with Gasteiger partial charge in [-0.25, -0.2) is 9.97 Å². The van der Waals surface area contributed by atoms with E-state index in [2.05, 4.69) is 60.0 Å². The number of hydrogen-bond acceptors (Lipinski definition) is 3. The topological polar surface area (TPSA) is 37.8 Å². The van der Waals surface area contributed by atoms with Gasteiger partial charge in [0, 0.05) is 23.9 Å². The summed E-state index contributed by atoms with van der Waals surface area (Å²) in [6, 6.07) is 12.4. The van der Waals surface area contributed by atoms with Crippen molar-refractivity contribution in [3.63, 3.8) is 0 Å². The molecule has 3 rings (SSSR count). The molecule has 0 aliphatic heterocycles. The Kier molecular flexibility index (Phi) is 4.77. The molecule has 0 radical (unpaired) electrons. The summed E-state index contributed by atoms with van der Waals surface area (Å²) in [5, 5.41) is 4.40. The summed E-state index contributed by atoms with van der Waals surface area (Å²) in [4.78, 5) is 8.60. The number of rotatable bonds is 3. The number of hydrogen-bond donors (Lipinski definition) is 1. The molecule has 0 saturated heterocycles. The summed E-state index contributed by atoms with van der Waals surface area (Å²) in [7, 11) is 0. The Balaban J connectivity index is 1.66. The molecule has 2 aromatic carbocycles. The van der Waals surface area contributed by atoms with Crippen LogP contribution in [0, 0.1) is 32.6 Å². The molecule has 0 atom stereocenters. The lowest BCUT2D eigenvalue weighted by atomic mass is 10.0. The Morgan fingerprint density at radius 2 is 1.75 bits per heavy atom. The second-order valence-corrected chi connectivity index (χ2v) is 5.99. The third kappa shape index (κ3) is 3.55. The molecule has 3 aromatic rings. The summed E-state index contributed by atoms with van der Waals surface area (Å²) in [6.07, 6.45) is 2.36. The average molecular weight is 315 g/mol. The van der Waals surface area contributed by atoms with E-state index in [4.69, 9.17) is 0 Å². The Hall–Kier alpha value is -2.86. The standard InChI is InChI=1S/C21H21N3/c1-15-12-16(2)18(17(3)13-15)8-6-7-11-22-21-19-9-4-5-10-20(19)23-14-24-21/h4-5,9-10,12-14H,7,11H2,1-3H3,(H,22,23,24). The van der Waals surface area contributed by atoms with Crippen LogP contribution in [0.2, 0.25) is 0 Å². The third-order valence-electron chi connectivity index (χ3n) is 3.98. The predicted octanol–water partition coefficient (Wildman–Crippen LogP) is 4.41. The van der Waals surface area contributed by atoms with Gasteiger partial charge in [0.15, 0.2) is 0 Å². The van der Waals surface area contributed by atoms with E-state index >= 15 is 0 Å². The minimum atomic E-state index is 0.762. The molecule has 0 aliphatic rings. The number of anilines is 1. The van der Waals surface area contributed by atoms with Gasteiger partial charge in [-0.3, -0.25) is 0 Å². The van der Waals surface area contributed by atoms with Crippen molar-refractivity contribution in [1.29, 1.82) is 0 Å². The highest BCUT2D eigenvalue weighted by molar-refractivity contribution is 5.88. The van der Waals surface area contributed by atoms with E-state index in [9.17, 15) is 0 Å². The average Bonchev–Trinajstić information content (AvgIpc) is 2.56. The molecule has 1 aromatic heterocycles. The highest BCUT2D eigenvalue weighted by atomic mass is 15.0. The number of fused-ring (bicyclic) bond motifs is 1. The van der Waals surface area contributed by atoms with E-state index in [1.54, 1.807) is 6.33 Å². The largest absolute Gasteiger partial charge is 0.368 e. The highest BCUT2D eigenvalue weighted by Gasteiger charge is 2.02. The predicted molar refractivity (Wildman–Crippen MR) is 100 cm³/mol. The SMILES string of the molecule is Cc1cc(C)c(C#CCCNc2ncnc3ccccc23)c(C)c1. The first kappa shape index (κ1) is 16.0. The van der Waals surface area contributed by atoms with Crippen LogP contribution in [0.15, 0.2) is 42.7 Å². The van der Waals surface area contributed by atoms with Gasteiger partial charge in [-0.15, -0.1) is 0 Å². The summed E-state index contributed by atoms with van der Waals surface area (Å²) in [6.45, 7) is 7.12. The first-order chi connectivity index (χ1) is 11.6. The Morgan fingerprint density at radius 3 is 2.54 bits per heavy atom. The molecule has 1 N–H and O–H groups in total. The fourth-order valence-corrected chi connectivity index (χ4v) is 2.92. The zero-order valence-corrected chi connectivity index (χ0v) is 14.4. The first-order valence-corrected chi connectivity index (χ1v) is 8.15. The Labute approximate surface area is 143 Å². The molecule has 0 saturated carbocycles. The quantitative estimate of drug-likeness (QED) is 0.575. The lowest BCUT2D eigenvalue weighted by Gasteiger charge is -2.06. The van der Waals surface area contributed by atoms with Gasteiger partial charge >= 0.3 is 0 Å². The van der Waals surface area contributed by atoms with Crippen molar-refractivity contribution in [2.24, 2.45) is 0 Å². The minimum absolute atomic E-state index is 0.762. The molecule has 1 heterocycles. The maximum Gasteiger partial charge on any atom is 0.137 e. The van der Waals surface area contributed by atoms with Gasteiger partial charge in [0.2, 0.25) is 0 Å². The van der Waals surface area contributed by atoms with Gasteiger partial charge in [0.1, 0.15) is 12.1 Å². The van der Waals surface area contributed by atoms with E-state index < -0.39 is 0 Å². The smallest absolute Gasteiger partial charge is 0.137 e.